The van der Waals surface area contributed by atoms with Crippen LogP contribution in [0.1, 0.15) is 28.1 Å². The summed E-state index contributed by atoms with van der Waals surface area (Å²) >= 11 is 1.28. The number of phenols is 1. The smallest absolute Gasteiger partial charge is 0.261 e. The molecule has 1 aliphatic heterocycles. The Morgan fingerprint density at radius 3 is 2.32 bits per heavy atom. The highest BCUT2D eigenvalue weighted by Gasteiger charge is 2.18. The Morgan fingerprint density at radius 2 is 1.84 bits per heavy atom. The van der Waals surface area contributed by atoms with Crippen LogP contribution in [-0.2, 0) is 10.8 Å². The van der Waals surface area contributed by atoms with Gasteiger partial charge in [0.25, 0.3) is 5.91 Å². The third-order valence-electron chi connectivity index (χ3n) is 4.01. The standard InChI is InChI=1S/C13H13NO3S2.C5H11N/c1-8-11(7-18-12(8)13(16)14-2)19(17)10-5-3-9(15)4-6-10;1-6-4-2-3-5-6/h3-7,15H,1-2H3,(H,14,16);2-5H2,1H3. The molecule has 25 heavy (non-hydrogen) atoms. The van der Waals surface area contributed by atoms with Crippen molar-refractivity contribution in [2.24, 2.45) is 0 Å². The Kier molecular flexibility index (Phi) is 7.16. The van der Waals surface area contributed by atoms with Crippen molar-refractivity contribution in [1.82, 2.24) is 10.2 Å². The lowest BCUT2D eigenvalue weighted by Gasteiger charge is -2.03. The molecule has 1 aliphatic rings. The fourth-order valence-corrected chi connectivity index (χ4v) is 4.97. The predicted molar refractivity (Wildman–Crippen MR) is 102 cm³/mol. The van der Waals surface area contributed by atoms with Crippen LogP contribution in [0.3, 0.4) is 0 Å². The molecule has 1 fully saturated rings. The van der Waals surface area contributed by atoms with Crippen LogP contribution in [0.15, 0.2) is 39.4 Å². The van der Waals surface area contributed by atoms with E-state index in [0.29, 0.717) is 14.7 Å². The minimum Gasteiger partial charge on any atom is -0.508 e. The summed E-state index contributed by atoms with van der Waals surface area (Å²) in [5.41, 5.74) is 0.732. The van der Waals surface area contributed by atoms with Gasteiger partial charge in [0.1, 0.15) is 5.75 Å². The Hall–Kier alpha value is -1.70. The first-order valence-corrected chi connectivity index (χ1v) is 10.2. The van der Waals surface area contributed by atoms with E-state index in [1.54, 1.807) is 31.5 Å². The molecule has 1 aromatic carbocycles. The van der Waals surface area contributed by atoms with Crippen molar-refractivity contribution in [1.29, 1.82) is 0 Å². The molecule has 0 spiro atoms. The second kappa shape index (κ2) is 9.12. The number of hydrogen-bond acceptors (Lipinski definition) is 5. The topological polar surface area (TPSA) is 69.6 Å². The molecule has 1 saturated heterocycles. The first-order chi connectivity index (χ1) is 11.9. The summed E-state index contributed by atoms with van der Waals surface area (Å²) in [7, 11) is 2.40. The molecule has 1 aromatic heterocycles. The molecule has 0 aliphatic carbocycles. The molecule has 3 rings (SSSR count). The van der Waals surface area contributed by atoms with Crippen LogP contribution in [0, 0.1) is 6.92 Å². The number of carbonyl (C=O) groups is 1. The zero-order valence-electron chi connectivity index (χ0n) is 14.7. The van der Waals surface area contributed by atoms with E-state index < -0.39 is 10.8 Å². The minimum absolute atomic E-state index is 0.133. The number of carbonyl (C=O) groups excluding carboxylic acids is 1. The molecule has 1 unspecified atom stereocenters. The summed E-state index contributed by atoms with van der Waals surface area (Å²) in [5, 5.41) is 13.5. The Balaban J connectivity index is 0.000000316. The highest BCUT2D eigenvalue weighted by Crippen LogP contribution is 2.28. The maximum Gasteiger partial charge on any atom is 0.261 e. The van der Waals surface area contributed by atoms with Crippen LogP contribution >= 0.6 is 11.3 Å². The van der Waals surface area contributed by atoms with Crippen molar-refractivity contribution in [3.63, 3.8) is 0 Å². The summed E-state index contributed by atoms with van der Waals surface area (Å²) in [6, 6.07) is 6.22. The average Bonchev–Trinajstić information content (AvgIpc) is 3.23. The van der Waals surface area contributed by atoms with Gasteiger partial charge in [-0.25, -0.2) is 4.21 Å². The summed E-state index contributed by atoms with van der Waals surface area (Å²) in [5.74, 6) is -0.0368. The summed E-state index contributed by atoms with van der Waals surface area (Å²) in [4.78, 5) is 15.8. The summed E-state index contributed by atoms with van der Waals surface area (Å²) in [6.07, 6.45) is 2.83. The number of hydrogen-bond donors (Lipinski definition) is 2. The number of nitrogens with zero attached hydrogens (tertiary/aromatic N) is 1. The molecule has 1 amide bonds. The van der Waals surface area contributed by atoms with Gasteiger partial charge in [0.2, 0.25) is 0 Å². The van der Waals surface area contributed by atoms with Crippen LogP contribution in [0.25, 0.3) is 0 Å². The SMILES string of the molecule is CN1CCCC1.CNC(=O)c1scc(S(=O)c2ccc(O)cc2)c1C. The van der Waals surface area contributed by atoms with Gasteiger partial charge >= 0.3 is 0 Å². The molecule has 1 atom stereocenters. The first-order valence-electron chi connectivity index (χ1n) is 8.13. The Morgan fingerprint density at radius 1 is 1.24 bits per heavy atom. The van der Waals surface area contributed by atoms with Gasteiger partial charge in [-0.1, -0.05) is 0 Å². The number of thiophene rings is 1. The van der Waals surface area contributed by atoms with Crippen LogP contribution < -0.4 is 5.32 Å². The molecule has 2 N–H and O–H groups in total. The van der Waals surface area contributed by atoms with Gasteiger partial charge in [-0.15, -0.1) is 11.3 Å². The summed E-state index contributed by atoms with van der Waals surface area (Å²) < 4.78 is 12.4. The zero-order chi connectivity index (χ0) is 18.4. The van der Waals surface area contributed by atoms with Gasteiger partial charge in [0.05, 0.1) is 20.6 Å². The normalized spacial score (nSPS) is 15.3. The molecular weight excluding hydrogens is 356 g/mol. The van der Waals surface area contributed by atoms with E-state index in [1.165, 1.54) is 49.4 Å². The van der Waals surface area contributed by atoms with Gasteiger partial charge in [0, 0.05) is 17.3 Å². The molecule has 0 radical (unpaired) electrons. The number of nitrogens with one attached hydrogen (secondary N) is 1. The Labute approximate surface area is 155 Å². The van der Waals surface area contributed by atoms with Crippen molar-refractivity contribution >= 4 is 28.0 Å². The maximum absolute atomic E-state index is 12.4. The van der Waals surface area contributed by atoms with Crippen LogP contribution in [0.5, 0.6) is 5.75 Å². The number of amides is 1. The number of phenolic OH excluding ortho intramolecular Hbond substituents is 1. The number of aromatic hydroxyl groups is 1. The third kappa shape index (κ3) is 5.14. The molecule has 0 bridgehead atoms. The van der Waals surface area contributed by atoms with Crippen molar-refractivity contribution in [3.05, 3.63) is 40.1 Å². The van der Waals surface area contributed by atoms with Gasteiger partial charge in [-0.3, -0.25) is 4.79 Å². The molecular formula is C18H24N2O3S2. The fraction of sp³-hybridized carbons (Fsp3) is 0.389. The second-order valence-corrected chi connectivity index (χ2v) is 8.23. The molecule has 136 valence electrons. The lowest BCUT2D eigenvalue weighted by molar-refractivity contribution is 0.0966. The van der Waals surface area contributed by atoms with E-state index in [-0.39, 0.29) is 11.7 Å². The van der Waals surface area contributed by atoms with Gasteiger partial charge < -0.3 is 15.3 Å². The zero-order valence-corrected chi connectivity index (χ0v) is 16.4. The molecule has 0 saturated carbocycles. The number of likely N-dealkylation sites (tertiary alicyclic amines) is 1. The lowest BCUT2D eigenvalue weighted by atomic mass is 10.3. The first kappa shape index (κ1) is 19.6. The van der Waals surface area contributed by atoms with Crippen LogP contribution in [0.4, 0.5) is 0 Å². The van der Waals surface area contributed by atoms with Gasteiger partial charge in [-0.2, -0.15) is 0 Å². The van der Waals surface area contributed by atoms with Gasteiger partial charge in [0.15, 0.2) is 0 Å². The second-order valence-electron chi connectivity index (χ2n) is 5.91. The lowest BCUT2D eigenvalue weighted by Crippen LogP contribution is -2.17. The minimum atomic E-state index is -1.35. The molecule has 5 nitrogen and oxygen atoms in total. The highest BCUT2D eigenvalue weighted by molar-refractivity contribution is 7.85. The molecule has 2 heterocycles. The van der Waals surface area contributed by atoms with Crippen LogP contribution in [-0.4, -0.2) is 47.3 Å². The monoisotopic (exact) mass is 380 g/mol. The van der Waals surface area contributed by atoms with E-state index >= 15 is 0 Å². The van der Waals surface area contributed by atoms with Crippen molar-refractivity contribution in [2.75, 3.05) is 27.2 Å². The van der Waals surface area contributed by atoms with E-state index in [0.717, 1.165) is 5.56 Å². The van der Waals surface area contributed by atoms with E-state index in [1.807, 2.05) is 0 Å². The van der Waals surface area contributed by atoms with E-state index in [2.05, 4.69) is 17.3 Å². The van der Waals surface area contributed by atoms with Crippen molar-refractivity contribution < 1.29 is 14.1 Å². The van der Waals surface area contributed by atoms with E-state index in [4.69, 9.17) is 0 Å². The third-order valence-corrected chi connectivity index (χ3v) is 6.76. The highest BCUT2D eigenvalue weighted by atomic mass is 32.2. The number of benzene rings is 1. The number of rotatable bonds is 3. The van der Waals surface area contributed by atoms with Gasteiger partial charge in [-0.05, 0) is 69.7 Å². The fourth-order valence-electron chi connectivity index (χ4n) is 2.49. The average molecular weight is 381 g/mol. The summed E-state index contributed by atoms with van der Waals surface area (Å²) in [6.45, 7) is 4.43. The van der Waals surface area contributed by atoms with Crippen LogP contribution in [0.2, 0.25) is 0 Å². The van der Waals surface area contributed by atoms with Crippen molar-refractivity contribution in [2.45, 2.75) is 29.6 Å². The predicted octanol–water partition coefficient (Wildman–Crippen LogP) is 3.00. The quantitative estimate of drug-likeness (QED) is 0.859. The van der Waals surface area contributed by atoms with E-state index in [9.17, 15) is 14.1 Å². The van der Waals surface area contributed by atoms with Crippen molar-refractivity contribution in [3.8, 4) is 5.75 Å². The Bertz CT molecular complexity index is 735. The largest absolute Gasteiger partial charge is 0.508 e. The molecule has 7 heteroatoms. The molecule has 2 aromatic rings. The maximum atomic E-state index is 12.4.